The molecule has 1 aliphatic rings. The van der Waals surface area contributed by atoms with Crippen LogP contribution in [0, 0.1) is 0 Å². The maximum absolute atomic E-state index is 12.0. The van der Waals surface area contributed by atoms with Crippen molar-refractivity contribution in [3.63, 3.8) is 0 Å². The summed E-state index contributed by atoms with van der Waals surface area (Å²) >= 11 is 3.54. The van der Waals surface area contributed by atoms with Crippen LogP contribution in [-0.2, 0) is 19.7 Å². The number of carbonyl (C=O) groups is 2. The van der Waals surface area contributed by atoms with Crippen LogP contribution in [0.3, 0.4) is 0 Å². The molecule has 1 aromatic carbocycles. The molecule has 0 aliphatic heterocycles. The van der Waals surface area contributed by atoms with E-state index in [-0.39, 0.29) is 18.1 Å². The van der Waals surface area contributed by atoms with Crippen molar-refractivity contribution in [1.82, 2.24) is 5.32 Å². The van der Waals surface area contributed by atoms with Crippen LogP contribution in [0.25, 0.3) is 0 Å². The number of rotatable bonds is 5. The predicted octanol–water partition coefficient (Wildman–Crippen LogP) is 4.72. The van der Waals surface area contributed by atoms with E-state index in [2.05, 4.69) is 21.2 Å². The van der Waals surface area contributed by atoms with Crippen LogP contribution in [0.4, 0.5) is 4.79 Å². The fraction of sp³-hybridized carbons (Fsp3) is 0.619. The lowest BCUT2D eigenvalue weighted by Gasteiger charge is -2.23. The van der Waals surface area contributed by atoms with Crippen LogP contribution in [0.5, 0.6) is 5.75 Å². The summed E-state index contributed by atoms with van der Waals surface area (Å²) in [5, 5.41) is 2.91. The summed E-state index contributed by atoms with van der Waals surface area (Å²) in [5.74, 6) is 0.423. The van der Waals surface area contributed by atoms with E-state index in [0.29, 0.717) is 5.75 Å². The second kappa shape index (κ2) is 8.72. The Bertz CT molecular complexity index is 726. The summed E-state index contributed by atoms with van der Waals surface area (Å²) in [4.78, 5) is 23.9. The molecule has 0 spiro atoms. The summed E-state index contributed by atoms with van der Waals surface area (Å²) in [6, 6.07) is 5.66. The van der Waals surface area contributed by atoms with E-state index in [4.69, 9.17) is 14.2 Å². The average molecular weight is 456 g/mol. The minimum atomic E-state index is -0.744. The van der Waals surface area contributed by atoms with Gasteiger partial charge in [-0.3, -0.25) is 4.79 Å². The first kappa shape index (κ1) is 22.5. The van der Waals surface area contributed by atoms with Crippen LogP contribution in [0.15, 0.2) is 22.7 Å². The Balaban J connectivity index is 1.96. The van der Waals surface area contributed by atoms with Crippen LogP contribution >= 0.6 is 15.9 Å². The van der Waals surface area contributed by atoms with Crippen LogP contribution in [0.1, 0.15) is 59.4 Å². The maximum atomic E-state index is 12.0. The molecule has 1 amide bonds. The highest BCUT2D eigenvalue weighted by Crippen LogP contribution is 2.34. The zero-order valence-corrected chi connectivity index (χ0v) is 19.0. The van der Waals surface area contributed by atoms with E-state index < -0.39 is 17.1 Å². The zero-order valence-electron chi connectivity index (χ0n) is 17.4. The number of amides is 1. The molecule has 1 saturated carbocycles. The molecule has 0 heterocycles. The maximum Gasteiger partial charge on any atom is 0.407 e. The molecule has 1 fully saturated rings. The van der Waals surface area contributed by atoms with Gasteiger partial charge in [0.05, 0.1) is 17.0 Å². The van der Waals surface area contributed by atoms with Gasteiger partial charge in [-0.25, -0.2) is 4.79 Å². The van der Waals surface area contributed by atoms with Gasteiger partial charge < -0.3 is 19.5 Å². The minimum Gasteiger partial charge on any atom is -0.489 e. The molecule has 2 rings (SSSR count). The minimum absolute atomic E-state index is 0.00991. The highest BCUT2D eigenvalue weighted by molar-refractivity contribution is 9.10. The van der Waals surface area contributed by atoms with Gasteiger partial charge in [-0.2, -0.15) is 0 Å². The highest BCUT2D eigenvalue weighted by Gasteiger charge is 2.32. The van der Waals surface area contributed by atoms with E-state index >= 15 is 0 Å². The molecule has 0 bridgehead atoms. The van der Waals surface area contributed by atoms with Crippen molar-refractivity contribution in [1.29, 1.82) is 0 Å². The van der Waals surface area contributed by atoms with Crippen molar-refractivity contribution >= 4 is 28.0 Å². The van der Waals surface area contributed by atoms with E-state index in [0.717, 1.165) is 29.3 Å². The summed E-state index contributed by atoms with van der Waals surface area (Å²) in [6.45, 7) is 9.18. The third-order valence-corrected chi connectivity index (χ3v) is 5.37. The van der Waals surface area contributed by atoms with Crippen molar-refractivity contribution in [2.45, 2.75) is 77.0 Å². The molecular formula is C21H30BrNO5. The van der Waals surface area contributed by atoms with Crippen LogP contribution in [-0.4, -0.2) is 36.9 Å². The molecule has 6 nitrogen and oxygen atoms in total. The van der Waals surface area contributed by atoms with Gasteiger partial charge in [0.2, 0.25) is 0 Å². The number of alkyl carbamates (subject to hydrolysis) is 1. The SMILES string of the molecule is COC(=O)C(C)(C)c1ccc(O[C@@H]2CC[C@@H](NC(=O)OC(C)(C)C)C2)c(Br)c1. The molecule has 2 atom stereocenters. The molecule has 7 heteroatoms. The van der Waals surface area contributed by atoms with Crippen LogP contribution < -0.4 is 10.1 Å². The number of carbonyl (C=O) groups excluding carboxylic acids is 2. The quantitative estimate of drug-likeness (QED) is 0.649. The van der Waals surface area contributed by atoms with E-state index in [1.165, 1.54) is 7.11 Å². The summed E-state index contributed by atoms with van der Waals surface area (Å²) in [5.41, 5.74) is -0.413. The lowest BCUT2D eigenvalue weighted by molar-refractivity contribution is -0.146. The normalized spacial score (nSPS) is 19.8. The number of hydrogen-bond acceptors (Lipinski definition) is 5. The van der Waals surface area contributed by atoms with Gasteiger partial charge in [-0.05, 0) is 81.1 Å². The Morgan fingerprint density at radius 2 is 1.82 bits per heavy atom. The monoisotopic (exact) mass is 455 g/mol. The van der Waals surface area contributed by atoms with Gasteiger partial charge in [0.25, 0.3) is 0 Å². The summed E-state index contributed by atoms with van der Waals surface area (Å²) in [6.07, 6.45) is 2.03. The van der Waals surface area contributed by atoms with Gasteiger partial charge in [0.15, 0.2) is 0 Å². The fourth-order valence-corrected chi connectivity index (χ4v) is 3.66. The molecule has 28 heavy (non-hydrogen) atoms. The molecule has 156 valence electrons. The van der Waals surface area contributed by atoms with Crippen molar-refractivity contribution in [2.75, 3.05) is 7.11 Å². The highest BCUT2D eigenvalue weighted by atomic mass is 79.9. The Morgan fingerprint density at radius 1 is 1.14 bits per heavy atom. The number of benzene rings is 1. The van der Waals surface area contributed by atoms with Gasteiger partial charge >= 0.3 is 12.1 Å². The first-order valence-corrected chi connectivity index (χ1v) is 10.3. The second-order valence-corrected chi connectivity index (χ2v) is 9.51. The fourth-order valence-electron chi connectivity index (χ4n) is 3.19. The lowest BCUT2D eigenvalue weighted by Crippen LogP contribution is -2.38. The molecule has 1 aromatic rings. The Morgan fingerprint density at radius 3 is 2.39 bits per heavy atom. The van der Waals surface area contributed by atoms with Gasteiger partial charge in [0.1, 0.15) is 17.5 Å². The number of nitrogens with one attached hydrogen (secondary N) is 1. The standard InChI is InChI=1S/C21H30BrNO5/c1-20(2,3)28-19(25)23-14-8-9-15(12-14)27-17-10-7-13(11-16(17)22)21(4,5)18(24)26-6/h7,10-11,14-15H,8-9,12H2,1-6H3,(H,23,25)/t14-,15-/m1/s1. The van der Waals surface area contributed by atoms with E-state index in [1.54, 1.807) is 0 Å². The number of ether oxygens (including phenoxy) is 3. The molecule has 0 radical (unpaired) electrons. The van der Waals surface area contributed by atoms with E-state index in [9.17, 15) is 9.59 Å². The zero-order chi connectivity index (χ0) is 21.1. The third kappa shape index (κ3) is 5.87. The molecule has 1 aliphatic carbocycles. The Hall–Kier alpha value is -1.76. The Labute approximate surface area is 175 Å². The lowest BCUT2D eigenvalue weighted by atomic mass is 9.85. The smallest absolute Gasteiger partial charge is 0.407 e. The molecule has 0 aromatic heterocycles. The van der Waals surface area contributed by atoms with E-state index in [1.807, 2.05) is 52.8 Å². The van der Waals surface area contributed by atoms with Crippen LogP contribution in [0.2, 0.25) is 0 Å². The number of methoxy groups -OCH3 is 1. The first-order valence-electron chi connectivity index (χ1n) is 9.47. The molecule has 1 N–H and O–H groups in total. The third-order valence-electron chi connectivity index (χ3n) is 4.75. The van der Waals surface area contributed by atoms with Crippen molar-refractivity contribution < 1.29 is 23.8 Å². The summed E-state index contributed by atoms with van der Waals surface area (Å²) < 4.78 is 17.1. The second-order valence-electron chi connectivity index (χ2n) is 8.66. The van der Waals surface area contributed by atoms with Crippen molar-refractivity contribution in [3.8, 4) is 5.75 Å². The first-order chi connectivity index (χ1) is 12.9. The predicted molar refractivity (Wildman–Crippen MR) is 111 cm³/mol. The molecule has 0 unspecified atom stereocenters. The molecule has 0 saturated heterocycles. The van der Waals surface area contributed by atoms with Gasteiger partial charge in [0, 0.05) is 12.5 Å². The topological polar surface area (TPSA) is 73.9 Å². The number of esters is 1. The van der Waals surface area contributed by atoms with Gasteiger partial charge in [-0.15, -0.1) is 0 Å². The van der Waals surface area contributed by atoms with Gasteiger partial charge in [-0.1, -0.05) is 6.07 Å². The molecular weight excluding hydrogens is 426 g/mol. The largest absolute Gasteiger partial charge is 0.489 e. The Kier molecular flexibility index (Phi) is 7.02. The van der Waals surface area contributed by atoms with Crippen molar-refractivity contribution in [3.05, 3.63) is 28.2 Å². The number of halogens is 1. The summed E-state index contributed by atoms with van der Waals surface area (Å²) in [7, 11) is 1.39. The average Bonchev–Trinajstić information content (AvgIpc) is 3.00. The number of hydrogen-bond donors (Lipinski definition) is 1. The van der Waals surface area contributed by atoms with Crippen molar-refractivity contribution in [2.24, 2.45) is 0 Å².